The summed E-state index contributed by atoms with van der Waals surface area (Å²) in [5, 5.41) is 7.37. The van der Waals surface area contributed by atoms with Crippen molar-refractivity contribution in [1.82, 2.24) is 10.2 Å². The molecule has 1 aromatic carbocycles. The molecule has 0 radical (unpaired) electrons. The van der Waals surface area contributed by atoms with Crippen molar-refractivity contribution in [2.24, 2.45) is 5.73 Å². The van der Waals surface area contributed by atoms with Crippen molar-refractivity contribution in [3.8, 4) is 0 Å². The first-order chi connectivity index (χ1) is 8.88. The zero-order valence-electron chi connectivity index (χ0n) is 10.1. The minimum absolute atomic E-state index is 0.0740. The Balaban J connectivity index is 2.28. The fraction of sp³-hybridized carbons (Fsp3) is 0.333. The minimum atomic E-state index is -4.40. The second-order valence-corrected chi connectivity index (χ2v) is 4.15. The molecular weight excluding hydrogens is 259 g/mol. The van der Waals surface area contributed by atoms with E-state index in [-0.39, 0.29) is 23.8 Å². The second kappa shape index (κ2) is 5.00. The molecule has 0 aliphatic carbocycles. The van der Waals surface area contributed by atoms with E-state index in [1.165, 1.54) is 18.2 Å². The van der Waals surface area contributed by atoms with Gasteiger partial charge in [0.15, 0.2) is 0 Å². The number of nitrogens with two attached hydrogens (primary N) is 1. The van der Waals surface area contributed by atoms with E-state index < -0.39 is 17.8 Å². The quantitative estimate of drug-likeness (QED) is 0.932. The van der Waals surface area contributed by atoms with E-state index in [0.29, 0.717) is 0 Å². The van der Waals surface area contributed by atoms with Gasteiger partial charge >= 0.3 is 6.18 Å². The summed E-state index contributed by atoms with van der Waals surface area (Å²) in [5.74, 6) is 0.323. The van der Waals surface area contributed by atoms with Gasteiger partial charge in [0.1, 0.15) is 0 Å². The van der Waals surface area contributed by atoms with Crippen LogP contribution in [0.25, 0.3) is 0 Å². The maximum Gasteiger partial charge on any atom is 0.416 e. The van der Waals surface area contributed by atoms with Crippen molar-refractivity contribution in [3.63, 3.8) is 0 Å². The van der Waals surface area contributed by atoms with Crippen molar-refractivity contribution in [3.05, 3.63) is 47.2 Å². The van der Waals surface area contributed by atoms with Gasteiger partial charge < -0.3 is 10.2 Å². The SMILES string of the molecule is CC(N)c1nnc(Cc2ccccc2C(F)(F)F)o1. The molecule has 1 aromatic heterocycles. The summed E-state index contributed by atoms with van der Waals surface area (Å²) in [6, 6.07) is 4.84. The fourth-order valence-electron chi connectivity index (χ4n) is 1.64. The number of rotatable bonds is 3. The number of benzene rings is 1. The summed E-state index contributed by atoms with van der Waals surface area (Å²) in [6.45, 7) is 1.65. The first-order valence-corrected chi connectivity index (χ1v) is 5.61. The van der Waals surface area contributed by atoms with E-state index in [0.717, 1.165) is 6.07 Å². The standard InChI is InChI=1S/C12H12F3N3O/c1-7(16)11-18-17-10(19-11)6-8-4-2-3-5-9(8)12(13,14)15/h2-5,7H,6,16H2,1H3. The van der Waals surface area contributed by atoms with Gasteiger partial charge in [-0.3, -0.25) is 0 Å². The molecule has 1 heterocycles. The topological polar surface area (TPSA) is 64.9 Å². The van der Waals surface area contributed by atoms with Gasteiger partial charge in [0.2, 0.25) is 11.8 Å². The van der Waals surface area contributed by atoms with Crippen LogP contribution in [-0.2, 0) is 12.6 Å². The number of aromatic nitrogens is 2. The highest BCUT2D eigenvalue weighted by atomic mass is 19.4. The summed E-state index contributed by atoms with van der Waals surface area (Å²) in [7, 11) is 0. The van der Waals surface area contributed by atoms with E-state index >= 15 is 0 Å². The van der Waals surface area contributed by atoms with Gasteiger partial charge in [-0.05, 0) is 18.6 Å². The van der Waals surface area contributed by atoms with Gasteiger partial charge in [0.25, 0.3) is 0 Å². The lowest BCUT2D eigenvalue weighted by Crippen LogP contribution is -2.09. The molecule has 1 atom stereocenters. The average Bonchev–Trinajstić information content (AvgIpc) is 2.77. The Labute approximate surface area is 107 Å². The average molecular weight is 271 g/mol. The van der Waals surface area contributed by atoms with Crippen LogP contribution < -0.4 is 5.73 Å². The van der Waals surface area contributed by atoms with Crippen LogP contribution in [0.15, 0.2) is 28.7 Å². The van der Waals surface area contributed by atoms with Crippen LogP contribution in [0, 0.1) is 0 Å². The van der Waals surface area contributed by atoms with Crippen molar-refractivity contribution < 1.29 is 17.6 Å². The zero-order chi connectivity index (χ0) is 14.0. The molecule has 0 aliphatic rings. The molecule has 4 nitrogen and oxygen atoms in total. The Morgan fingerprint density at radius 3 is 2.53 bits per heavy atom. The molecule has 102 valence electrons. The second-order valence-electron chi connectivity index (χ2n) is 4.15. The predicted molar refractivity (Wildman–Crippen MR) is 61.2 cm³/mol. The zero-order valence-corrected chi connectivity index (χ0v) is 10.1. The number of alkyl halides is 3. The Hall–Kier alpha value is -1.89. The molecule has 7 heteroatoms. The normalized spacial score (nSPS) is 13.5. The van der Waals surface area contributed by atoms with E-state index in [1.54, 1.807) is 6.92 Å². The molecule has 0 spiro atoms. The molecule has 0 saturated carbocycles. The molecule has 0 aliphatic heterocycles. The highest BCUT2D eigenvalue weighted by Crippen LogP contribution is 2.32. The van der Waals surface area contributed by atoms with Gasteiger partial charge in [-0.1, -0.05) is 18.2 Å². The molecule has 0 amide bonds. The highest BCUT2D eigenvalue weighted by Gasteiger charge is 2.33. The summed E-state index contributed by atoms with van der Waals surface area (Å²) in [6.07, 6.45) is -4.48. The first-order valence-electron chi connectivity index (χ1n) is 5.61. The van der Waals surface area contributed by atoms with Crippen LogP contribution in [0.2, 0.25) is 0 Å². The lowest BCUT2D eigenvalue weighted by atomic mass is 10.0. The molecule has 2 aromatic rings. The minimum Gasteiger partial charge on any atom is -0.423 e. The van der Waals surface area contributed by atoms with Gasteiger partial charge in [-0.2, -0.15) is 13.2 Å². The van der Waals surface area contributed by atoms with Crippen LogP contribution in [0.1, 0.15) is 35.9 Å². The molecule has 0 fully saturated rings. The van der Waals surface area contributed by atoms with E-state index in [1.807, 2.05) is 0 Å². The highest BCUT2D eigenvalue weighted by molar-refractivity contribution is 5.31. The molecule has 19 heavy (non-hydrogen) atoms. The lowest BCUT2D eigenvalue weighted by Gasteiger charge is -2.10. The lowest BCUT2D eigenvalue weighted by molar-refractivity contribution is -0.138. The molecule has 0 saturated heterocycles. The number of hydrogen-bond donors (Lipinski definition) is 1. The largest absolute Gasteiger partial charge is 0.423 e. The van der Waals surface area contributed by atoms with Crippen LogP contribution >= 0.6 is 0 Å². The number of halogens is 3. The van der Waals surface area contributed by atoms with Crippen molar-refractivity contribution in [2.75, 3.05) is 0 Å². The van der Waals surface area contributed by atoms with Crippen LogP contribution in [0.4, 0.5) is 13.2 Å². The van der Waals surface area contributed by atoms with E-state index in [4.69, 9.17) is 10.2 Å². The third-order valence-corrected chi connectivity index (χ3v) is 2.54. The maximum atomic E-state index is 12.8. The summed E-state index contributed by atoms with van der Waals surface area (Å²) in [5.41, 5.74) is 4.94. The monoisotopic (exact) mass is 271 g/mol. The predicted octanol–water partition coefficient (Wildman–Crippen LogP) is 2.70. The molecule has 0 bridgehead atoms. The van der Waals surface area contributed by atoms with Crippen molar-refractivity contribution in [2.45, 2.75) is 25.6 Å². The van der Waals surface area contributed by atoms with Crippen LogP contribution in [0.5, 0.6) is 0 Å². The van der Waals surface area contributed by atoms with E-state index in [9.17, 15) is 13.2 Å². The smallest absolute Gasteiger partial charge is 0.416 e. The number of nitrogens with zero attached hydrogens (tertiary/aromatic N) is 2. The Morgan fingerprint density at radius 1 is 1.26 bits per heavy atom. The third kappa shape index (κ3) is 3.11. The van der Waals surface area contributed by atoms with Gasteiger partial charge in [0.05, 0.1) is 18.0 Å². The van der Waals surface area contributed by atoms with Gasteiger partial charge in [-0.15, -0.1) is 10.2 Å². The molecule has 2 N–H and O–H groups in total. The van der Waals surface area contributed by atoms with Crippen LogP contribution in [0.3, 0.4) is 0 Å². The first kappa shape index (κ1) is 13.5. The van der Waals surface area contributed by atoms with Gasteiger partial charge in [-0.25, -0.2) is 0 Å². The maximum absolute atomic E-state index is 12.8. The molecule has 2 rings (SSSR count). The Bertz CT molecular complexity index is 563. The Morgan fingerprint density at radius 2 is 1.95 bits per heavy atom. The fourth-order valence-corrected chi connectivity index (χ4v) is 1.64. The Kier molecular flexibility index (Phi) is 3.57. The van der Waals surface area contributed by atoms with Gasteiger partial charge in [0, 0.05) is 0 Å². The summed E-state index contributed by atoms with van der Waals surface area (Å²) >= 11 is 0. The van der Waals surface area contributed by atoms with Crippen LogP contribution in [-0.4, -0.2) is 10.2 Å². The van der Waals surface area contributed by atoms with Crippen molar-refractivity contribution >= 4 is 0 Å². The summed E-state index contributed by atoms with van der Waals surface area (Å²) < 4.78 is 43.6. The van der Waals surface area contributed by atoms with Crippen molar-refractivity contribution in [1.29, 1.82) is 0 Å². The third-order valence-electron chi connectivity index (χ3n) is 2.54. The number of hydrogen-bond acceptors (Lipinski definition) is 4. The van der Waals surface area contributed by atoms with E-state index in [2.05, 4.69) is 10.2 Å². The molecular formula is C12H12F3N3O. The molecule has 1 unspecified atom stereocenters. The summed E-state index contributed by atoms with van der Waals surface area (Å²) in [4.78, 5) is 0.